The second-order valence-corrected chi connectivity index (χ2v) is 4.61. The monoisotopic (exact) mass is 214 g/mol. The molecule has 0 spiro atoms. The lowest BCUT2D eigenvalue weighted by atomic mass is 9.70. The minimum Gasteiger partial charge on any atom is -0.383 e. The van der Waals surface area contributed by atoms with Crippen molar-refractivity contribution in [3.8, 4) is 0 Å². The number of nitrogens with one attached hydrogen (secondary N) is 2. The number of amides is 1. The first kappa shape index (κ1) is 12.5. The van der Waals surface area contributed by atoms with Gasteiger partial charge in [-0.05, 0) is 18.3 Å². The maximum Gasteiger partial charge on any atom is 0.234 e. The molecule has 0 aromatic heterocycles. The van der Waals surface area contributed by atoms with E-state index in [1.165, 1.54) is 19.3 Å². The molecule has 0 atom stereocenters. The fourth-order valence-corrected chi connectivity index (χ4v) is 1.79. The summed E-state index contributed by atoms with van der Waals surface area (Å²) in [6.07, 6.45) is 3.90. The molecule has 1 saturated carbocycles. The number of ether oxygens (including phenoxy) is 1. The Morgan fingerprint density at radius 2 is 2.20 bits per heavy atom. The zero-order valence-corrected chi connectivity index (χ0v) is 9.77. The standard InChI is InChI=1S/C11H22N2O2/c1-11(4-3-5-11)9-12-8-10(14)13-6-7-15-2/h12H,3-9H2,1-2H3,(H,13,14). The Morgan fingerprint density at radius 3 is 2.73 bits per heavy atom. The number of hydrogen-bond donors (Lipinski definition) is 2. The van der Waals surface area contributed by atoms with Crippen molar-refractivity contribution >= 4 is 5.91 Å². The van der Waals surface area contributed by atoms with E-state index in [1.807, 2.05) is 0 Å². The van der Waals surface area contributed by atoms with E-state index < -0.39 is 0 Å². The Labute approximate surface area is 91.8 Å². The Kier molecular flexibility index (Phi) is 5.05. The van der Waals surface area contributed by atoms with Crippen molar-refractivity contribution in [2.45, 2.75) is 26.2 Å². The molecule has 1 fully saturated rings. The molecule has 1 rings (SSSR count). The Balaban J connectivity index is 1.97. The van der Waals surface area contributed by atoms with Crippen LogP contribution >= 0.6 is 0 Å². The number of rotatable bonds is 7. The van der Waals surface area contributed by atoms with Crippen molar-refractivity contribution in [1.29, 1.82) is 0 Å². The molecule has 1 aliphatic carbocycles. The first-order valence-electron chi connectivity index (χ1n) is 5.63. The van der Waals surface area contributed by atoms with Crippen molar-refractivity contribution in [3.63, 3.8) is 0 Å². The second-order valence-electron chi connectivity index (χ2n) is 4.61. The van der Waals surface area contributed by atoms with Gasteiger partial charge in [0.1, 0.15) is 0 Å². The number of carbonyl (C=O) groups is 1. The van der Waals surface area contributed by atoms with Gasteiger partial charge in [-0.1, -0.05) is 13.3 Å². The van der Waals surface area contributed by atoms with Crippen LogP contribution < -0.4 is 10.6 Å². The molecule has 1 amide bonds. The largest absolute Gasteiger partial charge is 0.383 e. The van der Waals surface area contributed by atoms with Crippen LogP contribution in [0.5, 0.6) is 0 Å². The van der Waals surface area contributed by atoms with E-state index in [-0.39, 0.29) is 5.91 Å². The van der Waals surface area contributed by atoms with Gasteiger partial charge in [-0.25, -0.2) is 0 Å². The Morgan fingerprint density at radius 1 is 1.47 bits per heavy atom. The third-order valence-electron chi connectivity index (χ3n) is 3.03. The van der Waals surface area contributed by atoms with Crippen LogP contribution in [0, 0.1) is 5.41 Å². The molecule has 0 bridgehead atoms. The Hall–Kier alpha value is -0.610. The Bertz CT molecular complexity index is 203. The molecule has 15 heavy (non-hydrogen) atoms. The van der Waals surface area contributed by atoms with Crippen molar-refractivity contribution in [2.75, 3.05) is 33.4 Å². The summed E-state index contributed by atoms with van der Waals surface area (Å²) in [4.78, 5) is 11.3. The van der Waals surface area contributed by atoms with Gasteiger partial charge in [0.05, 0.1) is 13.2 Å². The van der Waals surface area contributed by atoms with Gasteiger partial charge in [0.25, 0.3) is 0 Å². The minimum atomic E-state index is 0.0509. The molecule has 4 heteroatoms. The lowest BCUT2D eigenvalue weighted by molar-refractivity contribution is -0.120. The van der Waals surface area contributed by atoms with Gasteiger partial charge in [-0.2, -0.15) is 0 Å². The highest BCUT2D eigenvalue weighted by molar-refractivity contribution is 5.77. The summed E-state index contributed by atoms with van der Waals surface area (Å²) in [6, 6.07) is 0. The van der Waals surface area contributed by atoms with Crippen LogP contribution in [0.4, 0.5) is 0 Å². The molecule has 88 valence electrons. The average molecular weight is 214 g/mol. The molecule has 0 aliphatic heterocycles. The summed E-state index contributed by atoms with van der Waals surface area (Å²) in [5, 5.41) is 5.98. The maximum absolute atomic E-state index is 11.3. The van der Waals surface area contributed by atoms with Crippen LogP contribution in [0.15, 0.2) is 0 Å². The molecule has 0 aromatic rings. The third kappa shape index (κ3) is 4.62. The SMILES string of the molecule is COCCNC(=O)CNCC1(C)CCC1. The summed E-state index contributed by atoms with van der Waals surface area (Å²) in [5.74, 6) is 0.0509. The third-order valence-corrected chi connectivity index (χ3v) is 3.03. The van der Waals surface area contributed by atoms with E-state index in [0.717, 1.165) is 6.54 Å². The minimum absolute atomic E-state index is 0.0509. The molecule has 0 heterocycles. The number of hydrogen-bond acceptors (Lipinski definition) is 3. The fourth-order valence-electron chi connectivity index (χ4n) is 1.79. The van der Waals surface area contributed by atoms with E-state index in [0.29, 0.717) is 25.1 Å². The predicted octanol–water partition coefficient (Wildman–Crippen LogP) is 0.529. The zero-order valence-electron chi connectivity index (χ0n) is 9.77. The van der Waals surface area contributed by atoms with Crippen LogP contribution in [0.25, 0.3) is 0 Å². The molecule has 0 aromatic carbocycles. The summed E-state index contributed by atoms with van der Waals surface area (Å²) in [7, 11) is 1.63. The van der Waals surface area contributed by atoms with E-state index in [1.54, 1.807) is 7.11 Å². The fraction of sp³-hybridized carbons (Fsp3) is 0.909. The molecule has 0 saturated heterocycles. The van der Waals surface area contributed by atoms with Gasteiger partial charge < -0.3 is 15.4 Å². The average Bonchev–Trinajstić information content (AvgIpc) is 2.16. The van der Waals surface area contributed by atoms with E-state index >= 15 is 0 Å². The highest BCUT2D eigenvalue weighted by Gasteiger charge is 2.30. The number of methoxy groups -OCH3 is 1. The summed E-state index contributed by atoms with van der Waals surface area (Å²) in [5.41, 5.74) is 0.437. The molecular weight excluding hydrogens is 192 g/mol. The van der Waals surface area contributed by atoms with Crippen LogP contribution in [-0.4, -0.2) is 39.3 Å². The van der Waals surface area contributed by atoms with Gasteiger partial charge in [-0.15, -0.1) is 0 Å². The van der Waals surface area contributed by atoms with E-state index in [4.69, 9.17) is 4.74 Å². The normalized spacial score (nSPS) is 18.3. The molecule has 1 aliphatic rings. The van der Waals surface area contributed by atoms with Gasteiger partial charge >= 0.3 is 0 Å². The lowest BCUT2D eigenvalue weighted by Crippen LogP contribution is -2.42. The van der Waals surface area contributed by atoms with Crippen LogP contribution in [0.3, 0.4) is 0 Å². The summed E-state index contributed by atoms with van der Waals surface area (Å²) >= 11 is 0. The summed E-state index contributed by atoms with van der Waals surface area (Å²) < 4.78 is 4.84. The smallest absolute Gasteiger partial charge is 0.234 e. The first-order chi connectivity index (χ1) is 7.16. The van der Waals surface area contributed by atoms with Crippen molar-refractivity contribution in [2.24, 2.45) is 5.41 Å². The molecule has 0 radical (unpaired) electrons. The van der Waals surface area contributed by atoms with Gasteiger partial charge in [0.2, 0.25) is 5.91 Å². The number of carbonyl (C=O) groups excluding carboxylic acids is 1. The van der Waals surface area contributed by atoms with E-state index in [2.05, 4.69) is 17.6 Å². The van der Waals surface area contributed by atoms with Gasteiger partial charge in [-0.3, -0.25) is 4.79 Å². The molecule has 2 N–H and O–H groups in total. The quantitative estimate of drug-likeness (QED) is 0.608. The molecular formula is C11H22N2O2. The van der Waals surface area contributed by atoms with E-state index in [9.17, 15) is 4.79 Å². The van der Waals surface area contributed by atoms with Crippen LogP contribution in [0.1, 0.15) is 26.2 Å². The summed E-state index contributed by atoms with van der Waals surface area (Å²) in [6.45, 7) is 4.80. The van der Waals surface area contributed by atoms with Crippen molar-refractivity contribution in [1.82, 2.24) is 10.6 Å². The van der Waals surface area contributed by atoms with Gasteiger partial charge in [0, 0.05) is 20.2 Å². The second kappa shape index (κ2) is 6.08. The predicted molar refractivity (Wildman–Crippen MR) is 59.7 cm³/mol. The van der Waals surface area contributed by atoms with Crippen LogP contribution in [-0.2, 0) is 9.53 Å². The lowest BCUT2D eigenvalue weighted by Gasteiger charge is -2.38. The molecule has 0 unspecified atom stereocenters. The first-order valence-corrected chi connectivity index (χ1v) is 5.63. The zero-order chi connectivity index (χ0) is 11.1. The van der Waals surface area contributed by atoms with Crippen molar-refractivity contribution in [3.05, 3.63) is 0 Å². The maximum atomic E-state index is 11.3. The topological polar surface area (TPSA) is 50.4 Å². The highest BCUT2D eigenvalue weighted by Crippen LogP contribution is 2.39. The van der Waals surface area contributed by atoms with Crippen LogP contribution in [0.2, 0.25) is 0 Å². The molecule has 4 nitrogen and oxygen atoms in total. The van der Waals surface area contributed by atoms with Crippen molar-refractivity contribution < 1.29 is 9.53 Å². The highest BCUT2D eigenvalue weighted by atomic mass is 16.5. The van der Waals surface area contributed by atoms with Gasteiger partial charge in [0.15, 0.2) is 0 Å².